The van der Waals surface area contributed by atoms with Gasteiger partial charge in [-0.3, -0.25) is 4.79 Å². The molecule has 110 valence electrons. The number of hydrogen-bond donors (Lipinski definition) is 2. The van der Waals surface area contributed by atoms with Gasteiger partial charge in [0.25, 0.3) is 5.91 Å². The van der Waals surface area contributed by atoms with Crippen molar-refractivity contribution in [1.82, 2.24) is 10.3 Å². The molecule has 0 aliphatic carbocycles. The second kappa shape index (κ2) is 6.39. The Hall–Kier alpha value is -2.36. The zero-order chi connectivity index (χ0) is 15.3. The second-order valence-corrected chi connectivity index (χ2v) is 5.69. The molecular weight excluding hydrogens is 264 g/mol. The van der Waals surface area contributed by atoms with Crippen molar-refractivity contribution in [2.45, 2.75) is 32.2 Å². The molecular formula is C17H20N2O2. The minimum atomic E-state index is -0.378. The first-order chi connectivity index (χ1) is 9.98. The highest BCUT2D eigenvalue weighted by Crippen LogP contribution is 2.17. The van der Waals surface area contributed by atoms with Crippen molar-refractivity contribution in [3.05, 3.63) is 59.9 Å². The Morgan fingerprint density at radius 2 is 1.90 bits per heavy atom. The number of nitrogens with zero attached hydrogens (tertiary/aromatic N) is 1. The van der Waals surface area contributed by atoms with Gasteiger partial charge in [0.05, 0.1) is 0 Å². The minimum Gasteiger partial charge on any atom is -0.505 e. The number of benzene rings is 1. The van der Waals surface area contributed by atoms with Crippen LogP contribution >= 0.6 is 0 Å². The van der Waals surface area contributed by atoms with Crippen molar-refractivity contribution >= 4 is 5.91 Å². The minimum absolute atomic E-state index is 0.0605. The maximum absolute atomic E-state index is 12.2. The van der Waals surface area contributed by atoms with Crippen LogP contribution in [-0.2, 0) is 6.42 Å². The lowest BCUT2D eigenvalue weighted by atomic mass is 9.95. The molecule has 0 radical (unpaired) electrons. The molecule has 4 heteroatoms. The molecule has 1 amide bonds. The monoisotopic (exact) mass is 284 g/mol. The van der Waals surface area contributed by atoms with E-state index >= 15 is 0 Å². The second-order valence-electron chi connectivity index (χ2n) is 5.69. The van der Waals surface area contributed by atoms with Crippen LogP contribution in [0.4, 0.5) is 0 Å². The molecule has 1 aromatic heterocycles. The lowest BCUT2D eigenvalue weighted by Gasteiger charge is -2.26. The fourth-order valence-corrected chi connectivity index (χ4v) is 2.10. The predicted octanol–water partition coefficient (Wildman–Crippen LogP) is 2.93. The van der Waals surface area contributed by atoms with E-state index in [2.05, 4.69) is 22.4 Å². The number of nitrogens with one attached hydrogen (secondary N) is 1. The molecule has 0 saturated carbocycles. The molecule has 0 spiro atoms. The molecule has 2 rings (SSSR count). The Labute approximate surface area is 124 Å². The van der Waals surface area contributed by atoms with Gasteiger partial charge in [-0.1, -0.05) is 30.3 Å². The fraction of sp³-hybridized carbons (Fsp3) is 0.294. The summed E-state index contributed by atoms with van der Waals surface area (Å²) in [7, 11) is 0. The summed E-state index contributed by atoms with van der Waals surface area (Å²) < 4.78 is 0. The van der Waals surface area contributed by atoms with Gasteiger partial charge in [0.15, 0.2) is 5.69 Å². The fourth-order valence-electron chi connectivity index (χ4n) is 2.10. The average Bonchev–Trinajstić information content (AvgIpc) is 2.46. The van der Waals surface area contributed by atoms with E-state index in [0.717, 1.165) is 12.8 Å². The van der Waals surface area contributed by atoms with Crippen molar-refractivity contribution in [1.29, 1.82) is 0 Å². The van der Waals surface area contributed by atoms with E-state index < -0.39 is 0 Å². The van der Waals surface area contributed by atoms with Crippen LogP contribution in [0.5, 0.6) is 5.75 Å². The smallest absolute Gasteiger partial charge is 0.274 e. The quantitative estimate of drug-likeness (QED) is 0.887. The highest BCUT2D eigenvalue weighted by molar-refractivity contribution is 5.95. The number of aryl methyl sites for hydroxylation is 1. The van der Waals surface area contributed by atoms with Gasteiger partial charge in [-0.15, -0.1) is 0 Å². The van der Waals surface area contributed by atoms with E-state index in [1.165, 1.54) is 17.8 Å². The Morgan fingerprint density at radius 1 is 1.19 bits per heavy atom. The van der Waals surface area contributed by atoms with Gasteiger partial charge in [-0.2, -0.15) is 0 Å². The van der Waals surface area contributed by atoms with E-state index in [1.54, 1.807) is 6.07 Å². The summed E-state index contributed by atoms with van der Waals surface area (Å²) in [6.07, 6.45) is 3.17. The molecule has 1 aromatic carbocycles. The van der Waals surface area contributed by atoms with Gasteiger partial charge in [0.2, 0.25) is 0 Å². The SMILES string of the molecule is CC(C)(CCc1ccccc1)NC(=O)c1ncccc1O. The lowest BCUT2D eigenvalue weighted by molar-refractivity contribution is 0.0901. The van der Waals surface area contributed by atoms with E-state index in [0.29, 0.717) is 0 Å². The number of aromatic hydroxyl groups is 1. The van der Waals surface area contributed by atoms with Crippen molar-refractivity contribution in [3.8, 4) is 5.75 Å². The zero-order valence-corrected chi connectivity index (χ0v) is 12.3. The first-order valence-corrected chi connectivity index (χ1v) is 6.98. The molecule has 0 fully saturated rings. The molecule has 4 nitrogen and oxygen atoms in total. The Kier molecular flexibility index (Phi) is 4.58. The Morgan fingerprint density at radius 3 is 2.57 bits per heavy atom. The van der Waals surface area contributed by atoms with E-state index in [9.17, 15) is 9.90 Å². The van der Waals surface area contributed by atoms with E-state index in [4.69, 9.17) is 0 Å². The summed E-state index contributed by atoms with van der Waals surface area (Å²) in [6, 6.07) is 13.2. The van der Waals surface area contributed by atoms with Crippen LogP contribution in [0.3, 0.4) is 0 Å². The Bertz CT molecular complexity index is 609. The average molecular weight is 284 g/mol. The molecule has 0 bridgehead atoms. The molecule has 21 heavy (non-hydrogen) atoms. The van der Waals surface area contributed by atoms with Crippen LogP contribution in [0, 0.1) is 0 Å². The number of hydrogen-bond acceptors (Lipinski definition) is 3. The van der Waals surface area contributed by atoms with Crippen molar-refractivity contribution < 1.29 is 9.90 Å². The summed E-state index contributed by atoms with van der Waals surface area (Å²) in [5, 5.41) is 12.6. The van der Waals surface area contributed by atoms with Gasteiger partial charge in [0.1, 0.15) is 5.75 Å². The summed E-state index contributed by atoms with van der Waals surface area (Å²) in [6.45, 7) is 3.93. The molecule has 1 heterocycles. The molecule has 2 aromatic rings. The van der Waals surface area contributed by atoms with Gasteiger partial charge in [0, 0.05) is 11.7 Å². The van der Waals surface area contributed by atoms with Crippen LogP contribution in [0.2, 0.25) is 0 Å². The topological polar surface area (TPSA) is 62.2 Å². The number of carbonyl (C=O) groups is 1. The number of carbonyl (C=O) groups excluding carboxylic acids is 1. The number of pyridine rings is 1. The third-order valence-electron chi connectivity index (χ3n) is 3.33. The maximum atomic E-state index is 12.2. The standard InChI is InChI=1S/C17H20N2O2/c1-17(2,11-10-13-7-4-3-5-8-13)19-16(21)15-14(20)9-6-12-18-15/h3-9,12,20H,10-11H2,1-2H3,(H,19,21). The van der Waals surface area contributed by atoms with Gasteiger partial charge < -0.3 is 10.4 Å². The Balaban J connectivity index is 1.97. The molecule has 0 aliphatic rings. The largest absolute Gasteiger partial charge is 0.505 e. The number of aromatic nitrogens is 1. The van der Waals surface area contributed by atoms with Gasteiger partial charge in [-0.25, -0.2) is 4.98 Å². The summed E-state index contributed by atoms with van der Waals surface area (Å²) >= 11 is 0. The highest BCUT2D eigenvalue weighted by atomic mass is 16.3. The van der Waals surface area contributed by atoms with Crippen LogP contribution in [0.1, 0.15) is 36.3 Å². The first kappa shape index (κ1) is 15.0. The van der Waals surface area contributed by atoms with E-state index in [1.807, 2.05) is 32.0 Å². The van der Waals surface area contributed by atoms with Crippen LogP contribution in [0.25, 0.3) is 0 Å². The number of rotatable bonds is 5. The lowest BCUT2D eigenvalue weighted by Crippen LogP contribution is -2.44. The third kappa shape index (κ3) is 4.31. The predicted molar refractivity (Wildman–Crippen MR) is 82.2 cm³/mol. The zero-order valence-electron chi connectivity index (χ0n) is 12.3. The van der Waals surface area contributed by atoms with Gasteiger partial charge in [-0.05, 0) is 44.4 Å². The maximum Gasteiger partial charge on any atom is 0.274 e. The molecule has 2 N–H and O–H groups in total. The summed E-state index contributed by atoms with van der Waals surface area (Å²) in [5.41, 5.74) is 0.919. The molecule has 0 aliphatic heterocycles. The van der Waals surface area contributed by atoms with Crippen LogP contribution in [0.15, 0.2) is 48.7 Å². The van der Waals surface area contributed by atoms with Crippen LogP contribution in [-0.4, -0.2) is 21.5 Å². The third-order valence-corrected chi connectivity index (χ3v) is 3.33. The van der Waals surface area contributed by atoms with E-state index in [-0.39, 0.29) is 22.9 Å². The molecule has 0 saturated heterocycles. The normalized spacial score (nSPS) is 11.1. The van der Waals surface area contributed by atoms with Gasteiger partial charge >= 0.3 is 0 Å². The first-order valence-electron chi connectivity index (χ1n) is 6.98. The van der Waals surface area contributed by atoms with Crippen molar-refractivity contribution in [2.75, 3.05) is 0 Å². The summed E-state index contributed by atoms with van der Waals surface area (Å²) in [4.78, 5) is 16.1. The summed E-state index contributed by atoms with van der Waals surface area (Å²) in [5.74, 6) is -0.458. The molecule has 0 unspecified atom stereocenters. The number of amides is 1. The molecule has 0 atom stereocenters. The van der Waals surface area contributed by atoms with Crippen molar-refractivity contribution in [2.24, 2.45) is 0 Å². The van der Waals surface area contributed by atoms with Crippen LogP contribution < -0.4 is 5.32 Å². The highest BCUT2D eigenvalue weighted by Gasteiger charge is 2.23. The van der Waals surface area contributed by atoms with Crippen molar-refractivity contribution in [3.63, 3.8) is 0 Å².